The van der Waals surface area contributed by atoms with Gasteiger partial charge in [-0.15, -0.1) is 5.10 Å². The lowest BCUT2D eigenvalue weighted by Gasteiger charge is -2.19. The van der Waals surface area contributed by atoms with Gasteiger partial charge in [0.15, 0.2) is 3.95 Å². The Hall–Kier alpha value is -0.420. The van der Waals surface area contributed by atoms with E-state index in [0.717, 1.165) is 21.5 Å². The van der Waals surface area contributed by atoms with Gasteiger partial charge in [0.2, 0.25) is 5.13 Å². The first-order valence-corrected chi connectivity index (χ1v) is 6.25. The van der Waals surface area contributed by atoms with Crippen LogP contribution in [0.15, 0.2) is 0 Å². The number of H-pyrrole nitrogens is 1. The zero-order chi connectivity index (χ0) is 9.97. The summed E-state index contributed by atoms with van der Waals surface area (Å²) in [5, 5.41) is 8.00. The highest BCUT2D eigenvalue weighted by atomic mass is 32.1. The highest BCUT2D eigenvalue weighted by Crippen LogP contribution is 2.27. The fraction of sp³-hybridized carbons (Fsp3) is 0.778. The number of rotatable bonds is 3. The van der Waals surface area contributed by atoms with Crippen molar-refractivity contribution in [1.29, 1.82) is 0 Å². The van der Waals surface area contributed by atoms with E-state index >= 15 is 0 Å². The van der Waals surface area contributed by atoms with Crippen LogP contribution in [0.1, 0.15) is 25.7 Å². The molecule has 0 saturated heterocycles. The molecule has 1 aromatic heterocycles. The average molecular weight is 229 g/mol. The van der Waals surface area contributed by atoms with Gasteiger partial charge in [-0.2, -0.15) is 0 Å². The van der Waals surface area contributed by atoms with Gasteiger partial charge in [0.1, 0.15) is 0 Å². The SMILES string of the molecule is CN(CC1CCCC1)c1n[nH]c(=S)s1. The zero-order valence-electron chi connectivity index (χ0n) is 8.32. The molecule has 78 valence electrons. The molecule has 5 heteroatoms. The molecule has 1 aliphatic carbocycles. The van der Waals surface area contributed by atoms with Crippen molar-refractivity contribution < 1.29 is 0 Å². The normalized spacial score (nSPS) is 17.5. The van der Waals surface area contributed by atoms with Crippen molar-refractivity contribution in [3.8, 4) is 0 Å². The fourth-order valence-electron chi connectivity index (χ4n) is 2.04. The van der Waals surface area contributed by atoms with E-state index in [1.807, 2.05) is 0 Å². The van der Waals surface area contributed by atoms with Crippen LogP contribution in [-0.2, 0) is 0 Å². The molecule has 0 spiro atoms. The van der Waals surface area contributed by atoms with E-state index in [-0.39, 0.29) is 0 Å². The quantitative estimate of drug-likeness (QED) is 0.809. The van der Waals surface area contributed by atoms with Gasteiger partial charge in [0, 0.05) is 13.6 Å². The number of nitrogens with one attached hydrogen (secondary N) is 1. The van der Waals surface area contributed by atoms with Crippen molar-refractivity contribution in [2.45, 2.75) is 25.7 Å². The summed E-state index contributed by atoms with van der Waals surface area (Å²) in [7, 11) is 2.10. The summed E-state index contributed by atoms with van der Waals surface area (Å²) in [5.74, 6) is 0.859. The van der Waals surface area contributed by atoms with Crippen molar-refractivity contribution in [2.24, 2.45) is 5.92 Å². The van der Waals surface area contributed by atoms with Gasteiger partial charge in [0.05, 0.1) is 0 Å². The van der Waals surface area contributed by atoms with Crippen molar-refractivity contribution in [3.63, 3.8) is 0 Å². The highest BCUT2D eigenvalue weighted by molar-refractivity contribution is 7.73. The third kappa shape index (κ3) is 2.33. The summed E-state index contributed by atoms with van der Waals surface area (Å²) < 4.78 is 0.762. The van der Waals surface area contributed by atoms with Crippen LogP contribution in [0.2, 0.25) is 0 Å². The lowest BCUT2D eigenvalue weighted by atomic mass is 10.1. The van der Waals surface area contributed by atoms with Gasteiger partial charge in [-0.05, 0) is 31.0 Å². The number of aromatic amines is 1. The lowest BCUT2D eigenvalue weighted by Crippen LogP contribution is -2.23. The predicted octanol–water partition coefficient (Wildman–Crippen LogP) is 2.83. The van der Waals surface area contributed by atoms with E-state index in [1.54, 1.807) is 11.3 Å². The van der Waals surface area contributed by atoms with Gasteiger partial charge in [-0.3, -0.25) is 5.10 Å². The number of nitrogens with zero attached hydrogens (tertiary/aromatic N) is 2. The predicted molar refractivity (Wildman–Crippen MR) is 62.5 cm³/mol. The molecule has 0 unspecified atom stereocenters. The minimum absolute atomic E-state index is 0.762. The molecule has 14 heavy (non-hydrogen) atoms. The summed E-state index contributed by atoms with van der Waals surface area (Å²) >= 11 is 6.56. The minimum Gasteiger partial charge on any atom is -0.349 e. The van der Waals surface area contributed by atoms with E-state index in [4.69, 9.17) is 12.2 Å². The van der Waals surface area contributed by atoms with Gasteiger partial charge < -0.3 is 4.90 Å². The summed E-state index contributed by atoms with van der Waals surface area (Å²) in [6.45, 7) is 1.12. The Morgan fingerprint density at radius 1 is 1.57 bits per heavy atom. The molecular formula is C9H15N3S2. The van der Waals surface area contributed by atoms with Gasteiger partial charge in [-0.1, -0.05) is 24.2 Å². The highest BCUT2D eigenvalue weighted by Gasteiger charge is 2.17. The maximum Gasteiger partial charge on any atom is 0.206 e. The molecule has 1 heterocycles. The first-order valence-electron chi connectivity index (χ1n) is 5.02. The Kier molecular flexibility index (Phi) is 3.18. The van der Waals surface area contributed by atoms with Crippen LogP contribution in [-0.4, -0.2) is 23.8 Å². The van der Waals surface area contributed by atoms with E-state index < -0.39 is 0 Å². The van der Waals surface area contributed by atoms with E-state index in [9.17, 15) is 0 Å². The summed E-state index contributed by atoms with van der Waals surface area (Å²) in [5.41, 5.74) is 0. The molecule has 2 rings (SSSR count). The topological polar surface area (TPSA) is 31.9 Å². The summed E-state index contributed by atoms with van der Waals surface area (Å²) in [4.78, 5) is 2.22. The molecule has 0 aromatic carbocycles. The molecular weight excluding hydrogens is 214 g/mol. The average Bonchev–Trinajstić information content (AvgIpc) is 2.75. The number of hydrogen-bond donors (Lipinski definition) is 1. The molecule has 3 nitrogen and oxygen atoms in total. The lowest BCUT2D eigenvalue weighted by molar-refractivity contribution is 0.546. The molecule has 0 bridgehead atoms. The van der Waals surface area contributed by atoms with Crippen molar-refractivity contribution in [1.82, 2.24) is 10.2 Å². The van der Waals surface area contributed by atoms with Crippen molar-refractivity contribution in [3.05, 3.63) is 3.95 Å². The summed E-state index contributed by atoms with van der Waals surface area (Å²) in [6, 6.07) is 0. The number of hydrogen-bond acceptors (Lipinski definition) is 4. The standard InChI is InChI=1S/C9H15N3S2/c1-12(6-7-4-2-3-5-7)8-10-11-9(13)14-8/h7H,2-6H2,1H3,(H,11,13). The maximum absolute atomic E-state index is 5.01. The van der Waals surface area contributed by atoms with E-state index in [2.05, 4.69) is 22.1 Å². The van der Waals surface area contributed by atoms with Crippen LogP contribution in [0, 0.1) is 9.87 Å². The molecule has 1 aromatic rings. The van der Waals surface area contributed by atoms with Crippen LogP contribution in [0.4, 0.5) is 5.13 Å². The zero-order valence-corrected chi connectivity index (χ0v) is 9.96. The number of aromatic nitrogens is 2. The fourth-order valence-corrected chi connectivity index (χ4v) is 2.89. The Morgan fingerprint density at radius 2 is 2.29 bits per heavy atom. The summed E-state index contributed by atoms with van der Waals surface area (Å²) in [6.07, 6.45) is 5.55. The van der Waals surface area contributed by atoms with Gasteiger partial charge in [0.25, 0.3) is 0 Å². The second-order valence-corrected chi connectivity index (χ2v) is 5.57. The Morgan fingerprint density at radius 3 is 2.86 bits per heavy atom. The maximum atomic E-state index is 5.01. The van der Waals surface area contributed by atoms with Crippen LogP contribution < -0.4 is 4.90 Å². The Bertz CT molecular complexity index is 338. The molecule has 0 aliphatic heterocycles. The second kappa shape index (κ2) is 4.40. The first-order chi connectivity index (χ1) is 6.75. The van der Waals surface area contributed by atoms with Gasteiger partial charge >= 0.3 is 0 Å². The number of anilines is 1. The first kappa shape index (κ1) is 10.1. The molecule has 1 saturated carbocycles. The van der Waals surface area contributed by atoms with Crippen molar-refractivity contribution >= 4 is 28.7 Å². The molecule has 1 fully saturated rings. The van der Waals surface area contributed by atoms with Crippen LogP contribution in [0.5, 0.6) is 0 Å². The second-order valence-electron chi connectivity index (χ2n) is 3.93. The molecule has 0 radical (unpaired) electrons. The largest absolute Gasteiger partial charge is 0.349 e. The van der Waals surface area contributed by atoms with Crippen LogP contribution in [0.25, 0.3) is 0 Å². The third-order valence-electron chi connectivity index (χ3n) is 2.76. The molecule has 1 N–H and O–H groups in total. The molecule has 1 aliphatic rings. The third-order valence-corrected chi connectivity index (χ3v) is 3.96. The molecule has 0 amide bonds. The van der Waals surface area contributed by atoms with E-state index in [1.165, 1.54) is 25.7 Å². The smallest absolute Gasteiger partial charge is 0.206 e. The minimum atomic E-state index is 0.762. The van der Waals surface area contributed by atoms with Crippen LogP contribution in [0.3, 0.4) is 0 Å². The van der Waals surface area contributed by atoms with Crippen LogP contribution >= 0.6 is 23.6 Å². The van der Waals surface area contributed by atoms with Crippen molar-refractivity contribution in [2.75, 3.05) is 18.5 Å². The monoisotopic (exact) mass is 229 g/mol. The molecule has 0 atom stereocenters. The van der Waals surface area contributed by atoms with Gasteiger partial charge in [-0.25, -0.2) is 0 Å². The Labute approximate surface area is 93.1 Å². The van der Waals surface area contributed by atoms with E-state index in [0.29, 0.717) is 0 Å². The Balaban J connectivity index is 1.94.